The van der Waals surface area contributed by atoms with E-state index in [1.54, 1.807) is 7.11 Å². The summed E-state index contributed by atoms with van der Waals surface area (Å²) in [5.74, 6) is 0. The Hall–Kier alpha value is -1.10. The van der Waals surface area contributed by atoms with Crippen molar-refractivity contribution in [2.75, 3.05) is 38.4 Å². The number of hydrogen-bond donors (Lipinski definition) is 1. The van der Waals surface area contributed by atoms with Gasteiger partial charge in [-0.3, -0.25) is 0 Å². The molecule has 0 bridgehead atoms. The maximum atomic E-state index is 5.67. The van der Waals surface area contributed by atoms with Gasteiger partial charge in [-0.15, -0.1) is 0 Å². The first-order valence-corrected chi connectivity index (χ1v) is 7.47. The van der Waals surface area contributed by atoms with Gasteiger partial charge in [0.05, 0.1) is 6.61 Å². The maximum Gasteiger partial charge on any atom is 0.0641 e. The van der Waals surface area contributed by atoms with Crippen LogP contribution in [0.1, 0.15) is 24.8 Å². The molecule has 0 spiro atoms. The first-order valence-electron chi connectivity index (χ1n) is 7.47. The molecular formula is C16H26N2O2. The van der Waals surface area contributed by atoms with Crippen molar-refractivity contribution in [3.8, 4) is 0 Å². The van der Waals surface area contributed by atoms with Gasteiger partial charge in [0.25, 0.3) is 0 Å². The number of benzene rings is 1. The largest absolute Gasteiger partial charge is 0.385 e. The number of methoxy groups -OCH3 is 1. The van der Waals surface area contributed by atoms with Gasteiger partial charge in [0, 0.05) is 45.1 Å². The van der Waals surface area contributed by atoms with Crippen LogP contribution in [0.25, 0.3) is 0 Å². The Kier molecular flexibility index (Phi) is 6.30. The second-order valence-corrected chi connectivity index (χ2v) is 5.25. The topological polar surface area (TPSA) is 47.7 Å². The van der Waals surface area contributed by atoms with E-state index in [0.29, 0.717) is 12.6 Å². The van der Waals surface area contributed by atoms with Gasteiger partial charge >= 0.3 is 0 Å². The van der Waals surface area contributed by atoms with Crippen molar-refractivity contribution in [2.24, 2.45) is 5.73 Å². The second kappa shape index (κ2) is 8.25. The molecule has 0 saturated heterocycles. The summed E-state index contributed by atoms with van der Waals surface area (Å²) in [6.45, 7) is 3.89. The molecule has 2 rings (SSSR count). The Morgan fingerprint density at radius 2 is 1.90 bits per heavy atom. The van der Waals surface area contributed by atoms with Gasteiger partial charge in [-0.2, -0.15) is 0 Å². The Morgan fingerprint density at radius 3 is 2.50 bits per heavy atom. The zero-order valence-corrected chi connectivity index (χ0v) is 12.4. The fourth-order valence-corrected chi connectivity index (χ4v) is 2.30. The Balaban J connectivity index is 1.78. The zero-order valence-electron chi connectivity index (χ0n) is 12.4. The van der Waals surface area contributed by atoms with E-state index in [9.17, 15) is 0 Å². The molecule has 0 atom stereocenters. The van der Waals surface area contributed by atoms with E-state index in [2.05, 4.69) is 29.2 Å². The molecule has 0 radical (unpaired) electrons. The molecule has 1 aliphatic rings. The lowest BCUT2D eigenvalue weighted by molar-refractivity contribution is 0.107. The number of nitrogens with two attached hydrogens (primary N) is 1. The second-order valence-electron chi connectivity index (χ2n) is 5.25. The van der Waals surface area contributed by atoms with Crippen molar-refractivity contribution in [1.82, 2.24) is 0 Å². The SMILES string of the molecule is COCCCOCCN(c1ccc(CN)cc1)C1CC1. The standard InChI is InChI=1S/C16H26N2O2/c1-19-10-2-11-20-12-9-18(16-7-8-16)15-5-3-14(13-17)4-6-15/h3-6,16H,2,7-13,17H2,1H3. The molecule has 2 N–H and O–H groups in total. The number of hydrogen-bond acceptors (Lipinski definition) is 4. The molecular weight excluding hydrogens is 252 g/mol. The van der Waals surface area contributed by atoms with Crippen LogP contribution in [0.15, 0.2) is 24.3 Å². The highest BCUT2D eigenvalue weighted by Gasteiger charge is 2.28. The summed E-state index contributed by atoms with van der Waals surface area (Å²) in [5, 5.41) is 0. The Bertz CT molecular complexity index is 377. The van der Waals surface area contributed by atoms with Crippen LogP contribution in [0, 0.1) is 0 Å². The van der Waals surface area contributed by atoms with E-state index in [4.69, 9.17) is 15.2 Å². The van der Waals surface area contributed by atoms with Gasteiger partial charge in [0.1, 0.15) is 0 Å². The summed E-state index contributed by atoms with van der Waals surface area (Å²) in [5.41, 5.74) is 8.11. The van der Waals surface area contributed by atoms with Crippen molar-refractivity contribution >= 4 is 5.69 Å². The third-order valence-electron chi connectivity index (χ3n) is 3.60. The summed E-state index contributed by atoms with van der Waals surface area (Å²) < 4.78 is 10.7. The lowest BCUT2D eigenvalue weighted by atomic mass is 10.2. The van der Waals surface area contributed by atoms with Gasteiger partial charge in [0.15, 0.2) is 0 Å². The quantitative estimate of drug-likeness (QED) is 0.666. The molecule has 1 saturated carbocycles. The lowest BCUT2D eigenvalue weighted by Gasteiger charge is -2.25. The van der Waals surface area contributed by atoms with Crippen LogP contribution < -0.4 is 10.6 Å². The molecule has 1 aromatic rings. The molecule has 4 nitrogen and oxygen atoms in total. The van der Waals surface area contributed by atoms with Gasteiger partial charge in [-0.1, -0.05) is 12.1 Å². The molecule has 112 valence electrons. The molecule has 1 aliphatic carbocycles. The van der Waals surface area contributed by atoms with Crippen molar-refractivity contribution in [1.29, 1.82) is 0 Å². The van der Waals surface area contributed by atoms with Crippen molar-refractivity contribution in [3.63, 3.8) is 0 Å². The van der Waals surface area contributed by atoms with Crippen LogP contribution >= 0.6 is 0 Å². The molecule has 0 aliphatic heterocycles. The fraction of sp³-hybridized carbons (Fsp3) is 0.625. The predicted octanol–water partition coefficient (Wildman–Crippen LogP) is 2.17. The first kappa shape index (κ1) is 15.3. The predicted molar refractivity (Wildman–Crippen MR) is 82.0 cm³/mol. The average Bonchev–Trinajstić information content (AvgIpc) is 3.31. The molecule has 1 aromatic carbocycles. The average molecular weight is 278 g/mol. The maximum absolute atomic E-state index is 5.67. The summed E-state index contributed by atoms with van der Waals surface area (Å²) in [6.07, 6.45) is 3.55. The highest BCUT2D eigenvalue weighted by Crippen LogP contribution is 2.31. The van der Waals surface area contributed by atoms with Gasteiger partial charge in [-0.25, -0.2) is 0 Å². The van der Waals surface area contributed by atoms with E-state index in [-0.39, 0.29) is 0 Å². The van der Waals surface area contributed by atoms with Crippen LogP contribution in [-0.4, -0.2) is 39.5 Å². The van der Waals surface area contributed by atoms with E-state index in [1.165, 1.54) is 24.1 Å². The lowest BCUT2D eigenvalue weighted by Crippen LogP contribution is -2.29. The minimum atomic E-state index is 0.603. The van der Waals surface area contributed by atoms with Crippen LogP contribution in [-0.2, 0) is 16.0 Å². The molecule has 0 unspecified atom stereocenters. The number of ether oxygens (including phenoxy) is 2. The van der Waals surface area contributed by atoms with Crippen molar-refractivity contribution in [2.45, 2.75) is 31.8 Å². The summed E-state index contributed by atoms with van der Waals surface area (Å²) >= 11 is 0. The smallest absolute Gasteiger partial charge is 0.0641 e. The number of anilines is 1. The van der Waals surface area contributed by atoms with Gasteiger partial charge < -0.3 is 20.1 Å². The highest BCUT2D eigenvalue weighted by molar-refractivity contribution is 5.49. The van der Waals surface area contributed by atoms with Crippen molar-refractivity contribution in [3.05, 3.63) is 29.8 Å². The number of rotatable bonds is 10. The van der Waals surface area contributed by atoms with E-state index in [1.807, 2.05) is 0 Å². The monoisotopic (exact) mass is 278 g/mol. The van der Waals surface area contributed by atoms with Gasteiger partial charge in [-0.05, 0) is 37.0 Å². The fourth-order valence-electron chi connectivity index (χ4n) is 2.30. The van der Waals surface area contributed by atoms with Crippen LogP contribution in [0.2, 0.25) is 0 Å². The summed E-state index contributed by atoms with van der Waals surface area (Å²) in [6, 6.07) is 9.27. The summed E-state index contributed by atoms with van der Waals surface area (Å²) in [4.78, 5) is 2.45. The van der Waals surface area contributed by atoms with E-state index in [0.717, 1.165) is 32.8 Å². The van der Waals surface area contributed by atoms with Crippen molar-refractivity contribution < 1.29 is 9.47 Å². The van der Waals surface area contributed by atoms with Gasteiger partial charge in [0.2, 0.25) is 0 Å². The van der Waals surface area contributed by atoms with E-state index < -0.39 is 0 Å². The molecule has 4 heteroatoms. The minimum Gasteiger partial charge on any atom is -0.385 e. The molecule has 0 heterocycles. The van der Waals surface area contributed by atoms with Crippen LogP contribution in [0.3, 0.4) is 0 Å². The zero-order chi connectivity index (χ0) is 14.2. The van der Waals surface area contributed by atoms with E-state index >= 15 is 0 Å². The first-order chi connectivity index (χ1) is 9.85. The third kappa shape index (κ3) is 4.78. The Labute approximate surface area is 121 Å². The molecule has 0 aromatic heterocycles. The minimum absolute atomic E-state index is 0.603. The molecule has 20 heavy (non-hydrogen) atoms. The number of nitrogens with zero attached hydrogens (tertiary/aromatic N) is 1. The van der Waals surface area contributed by atoms with Crippen LogP contribution in [0.4, 0.5) is 5.69 Å². The Morgan fingerprint density at radius 1 is 1.15 bits per heavy atom. The highest BCUT2D eigenvalue weighted by atomic mass is 16.5. The molecule has 0 amide bonds. The summed E-state index contributed by atoms with van der Waals surface area (Å²) in [7, 11) is 1.72. The van der Waals surface area contributed by atoms with Crippen LogP contribution in [0.5, 0.6) is 0 Å². The third-order valence-corrected chi connectivity index (χ3v) is 3.60. The normalized spacial score (nSPS) is 14.5. The molecule has 1 fully saturated rings.